The first-order chi connectivity index (χ1) is 9.68. The molecule has 0 spiro atoms. The molecule has 6 nitrogen and oxygen atoms in total. The molecule has 0 aromatic carbocycles. The van der Waals surface area contributed by atoms with Gasteiger partial charge >= 0.3 is 0 Å². The predicted molar refractivity (Wildman–Crippen MR) is 85.2 cm³/mol. The fourth-order valence-corrected chi connectivity index (χ4v) is 2.14. The first-order valence-corrected chi connectivity index (χ1v) is 7.06. The molecule has 0 atom stereocenters. The normalized spacial score (nSPS) is 11.7. The van der Waals surface area contributed by atoms with Crippen molar-refractivity contribution >= 4 is 11.6 Å². The molecular formula is C15H24N6. The van der Waals surface area contributed by atoms with Crippen LogP contribution in [-0.2, 0) is 19.0 Å². The van der Waals surface area contributed by atoms with Crippen LogP contribution in [0.4, 0.5) is 11.6 Å². The van der Waals surface area contributed by atoms with Crippen LogP contribution in [0, 0.1) is 13.8 Å². The van der Waals surface area contributed by atoms with Gasteiger partial charge in [-0.05, 0) is 13.8 Å². The second-order valence-electron chi connectivity index (χ2n) is 6.38. The molecule has 2 rings (SSSR count). The minimum absolute atomic E-state index is 0.133. The van der Waals surface area contributed by atoms with Crippen LogP contribution in [-0.4, -0.2) is 19.7 Å². The van der Waals surface area contributed by atoms with Gasteiger partial charge in [0.15, 0.2) is 0 Å². The van der Waals surface area contributed by atoms with E-state index in [1.165, 1.54) is 5.56 Å². The van der Waals surface area contributed by atoms with E-state index in [0.717, 1.165) is 23.0 Å². The van der Waals surface area contributed by atoms with E-state index in [-0.39, 0.29) is 5.41 Å². The van der Waals surface area contributed by atoms with Gasteiger partial charge in [-0.15, -0.1) is 0 Å². The molecule has 0 amide bonds. The zero-order chi connectivity index (χ0) is 15.8. The number of anilines is 2. The van der Waals surface area contributed by atoms with Gasteiger partial charge in [-0.3, -0.25) is 4.68 Å². The van der Waals surface area contributed by atoms with Crippen molar-refractivity contribution in [3.05, 3.63) is 28.8 Å². The van der Waals surface area contributed by atoms with E-state index in [1.807, 2.05) is 18.7 Å². The van der Waals surface area contributed by atoms with Gasteiger partial charge in [0.1, 0.15) is 17.5 Å². The van der Waals surface area contributed by atoms with E-state index in [1.54, 1.807) is 6.07 Å². The molecule has 3 N–H and O–H groups in total. The standard InChI is InChI=1S/C15H24N6/c1-9-11(10(2)21(6)20-9)8-17-13-7-12(16)18-14(19-13)15(3,4)5/h7H,8H2,1-6H3,(H3,16,17,18,19). The maximum atomic E-state index is 5.88. The van der Waals surface area contributed by atoms with Gasteiger partial charge in [-0.1, -0.05) is 20.8 Å². The molecule has 0 radical (unpaired) electrons. The largest absolute Gasteiger partial charge is 0.384 e. The van der Waals surface area contributed by atoms with Gasteiger partial charge in [0, 0.05) is 36.3 Å². The number of aryl methyl sites for hydroxylation is 2. The monoisotopic (exact) mass is 288 g/mol. The average Bonchev–Trinajstić information content (AvgIpc) is 2.59. The van der Waals surface area contributed by atoms with Crippen LogP contribution in [0.5, 0.6) is 0 Å². The quantitative estimate of drug-likeness (QED) is 0.905. The van der Waals surface area contributed by atoms with Crippen molar-refractivity contribution in [2.24, 2.45) is 7.05 Å². The Balaban J connectivity index is 2.22. The third kappa shape index (κ3) is 3.32. The van der Waals surface area contributed by atoms with E-state index in [4.69, 9.17) is 5.73 Å². The van der Waals surface area contributed by atoms with E-state index in [9.17, 15) is 0 Å². The molecule has 0 saturated heterocycles. The molecular weight excluding hydrogens is 264 g/mol. The maximum absolute atomic E-state index is 5.88. The van der Waals surface area contributed by atoms with Crippen LogP contribution in [0.3, 0.4) is 0 Å². The van der Waals surface area contributed by atoms with Crippen molar-refractivity contribution in [2.75, 3.05) is 11.1 Å². The molecule has 0 saturated carbocycles. The summed E-state index contributed by atoms with van der Waals surface area (Å²) in [5, 5.41) is 7.74. The number of nitrogens with zero attached hydrogens (tertiary/aromatic N) is 4. The summed E-state index contributed by atoms with van der Waals surface area (Å²) in [4.78, 5) is 8.87. The highest BCUT2D eigenvalue weighted by atomic mass is 15.3. The van der Waals surface area contributed by atoms with Crippen molar-refractivity contribution in [3.8, 4) is 0 Å². The Kier molecular flexibility index (Phi) is 3.89. The second kappa shape index (κ2) is 5.35. The summed E-state index contributed by atoms with van der Waals surface area (Å²) in [5.41, 5.74) is 9.11. The molecule has 6 heteroatoms. The molecule has 0 aliphatic heterocycles. The smallest absolute Gasteiger partial charge is 0.138 e. The van der Waals surface area contributed by atoms with Crippen molar-refractivity contribution in [2.45, 2.75) is 46.6 Å². The van der Waals surface area contributed by atoms with Crippen LogP contribution in [0.25, 0.3) is 0 Å². The SMILES string of the molecule is Cc1nn(C)c(C)c1CNc1cc(N)nc(C(C)(C)C)n1. The number of hydrogen-bond donors (Lipinski definition) is 2. The van der Waals surface area contributed by atoms with Gasteiger partial charge in [-0.25, -0.2) is 9.97 Å². The van der Waals surface area contributed by atoms with Crippen LogP contribution in [0.2, 0.25) is 0 Å². The molecule has 0 bridgehead atoms. The summed E-state index contributed by atoms with van der Waals surface area (Å²) in [6.07, 6.45) is 0. The Hall–Kier alpha value is -2.11. The summed E-state index contributed by atoms with van der Waals surface area (Å²) in [7, 11) is 1.95. The second-order valence-corrected chi connectivity index (χ2v) is 6.38. The van der Waals surface area contributed by atoms with Crippen LogP contribution in [0.1, 0.15) is 43.5 Å². The molecule has 2 aromatic rings. The Morgan fingerprint density at radius 2 is 1.90 bits per heavy atom. The van der Waals surface area contributed by atoms with Crippen LogP contribution >= 0.6 is 0 Å². The van der Waals surface area contributed by atoms with E-state index >= 15 is 0 Å². The molecule has 2 heterocycles. The predicted octanol–water partition coefficient (Wildman–Crippen LogP) is 2.32. The first-order valence-electron chi connectivity index (χ1n) is 7.06. The van der Waals surface area contributed by atoms with Gasteiger partial charge in [0.25, 0.3) is 0 Å². The van der Waals surface area contributed by atoms with Crippen molar-refractivity contribution in [1.82, 2.24) is 19.7 Å². The number of rotatable bonds is 3. The fourth-order valence-electron chi connectivity index (χ4n) is 2.14. The number of nitrogen functional groups attached to an aromatic ring is 1. The lowest BCUT2D eigenvalue weighted by Crippen LogP contribution is -2.18. The topological polar surface area (TPSA) is 81.7 Å². The van der Waals surface area contributed by atoms with E-state index < -0.39 is 0 Å². The van der Waals surface area contributed by atoms with E-state index in [2.05, 4.69) is 48.1 Å². The van der Waals surface area contributed by atoms with E-state index in [0.29, 0.717) is 12.4 Å². The Morgan fingerprint density at radius 1 is 1.24 bits per heavy atom. The Labute approximate surface area is 125 Å². The summed E-state index contributed by atoms with van der Waals surface area (Å²) in [5.74, 6) is 1.97. The third-order valence-electron chi connectivity index (χ3n) is 3.52. The molecule has 0 aliphatic carbocycles. The molecule has 0 aliphatic rings. The van der Waals surface area contributed by atoms with Gasteiger partial charge in [0.05, 0.1) is 5.69 Å². The fraction of sp³-hybridized carbons (Fsp3) is 0.533. The lowest BCUT2D eigenvalue weighted by Gasteiger charge is -2.18. The summed E-state index contributed by atoms with van der Waals surface area (Å²) >= 11 is 0. The summed E-state index contributed by atoms with van der Waals surface area (Å²) < 4.78 is 1.89. The highest BCUT2D eigenvalue weighted by Gasteiger charge is 2.19. The maximum Gasteiger partial charge on any atom is 0.138 e. The van der Waals surface area contributed by atoms with Crippen molar-refractivity contribution < 1.29 is 0 Å². The lowest BCUT2D eigenvalue weighted by molar-refractivity contribution is 0.547. The zero-order valence-electron chi connectivity index (χ0n) is 13.7. The number of nitrogens with two attached hydrogens (primary N) is 1. The molecule has 21 heavy (non-hydrogen) atoms. The first kappa shape index (κ1) is 15.3. The molecule has 2 aromatic heterocycles. The van der Waals surface area contributed by atoms with Gasteiger partial charge < -0.3 is 11.1 Å². The summed E-state index contributed by atoms with van der Waals surface area (Å²) in [6.45, 7) is 11.0. The molecule has 0 fully saturated rings. The van der Waals surface area contributed by atoms with Gasteiger partial charge in [0.2, 0.25) is 0 Å². The minimum atomic E-state index is -0.133. The highest BCUT2D eigenvalue weighted by Crippen LogP contribution is 2.22. The number of hydrogen-bond acceptors (Lipinski definition) is 5. The zero-order valence-corrected chi connectivity index (χ0v) is 13.7. The molecule has 114 valence electrons. The molecule has 0 unspecified atom stereocenters. The lowest BCUT2D eigenvalue weighted by atomic mass is 9.96. The highest BCUT2D eigenvalue weighted by molar-refractivity contribution is 5.46. The van der Waals surface area contributed by atoms with Crippen molar-refractivity contribution in [1.29, 1.82) is 0 Å². The van der Waals surface area contributed by atoms with Crippen molar-refractivity contribution in [3.63, 3.8) is 0 Å². The number of aromatic nitrogens is 4. The van der Waals surface area contributed by atoms with Gasteiger partial charge in [-0.2, -0.15) is 5.10 Å². The third-order valence-corrected chi connectivity index (χ3v) is 3.52. The average molecular weight is 288 g/mol. The minimum Gasteiger partial charge on any atom is -0.384 e. The summed E-state index contributed by atoms with van der Waals surface area (Å²) in [6, 6.07) is 1.76. The van der Waals surface area contributed by atoms with Crippen LogP contribution < -0.4 is 11.1 Å². The Morgan fingerprint density at radius 3 is 2.43 bits per heavy atom. The number of nitrogens with one attached hydrogen (secondary N) is 1. The van der Waals surface area contributed by atoms with Crippen LogP contribution in [0.15, 0.2) is 6.07 Å². The Bertz CT molecular complexity index is 651.